The number of hydrogen-bond acceptors (Lipinski definition) is 5. The molecular weight excluding hydrogens is 240 g/mol. The van der Waals surface area contributed by atoms with E-state index in [-0.39, 0.29) is 11.1 Å². The largest absolute Gasteiger partial charge is 0.497 e. The summed E-state index contributed by atoms with van der Waals surface area (Å²) in [7, 11) is 1.59. The van der Waals surface area contributed by atoms with Crippen LogP contribution >= 0.6 is 11.6 Å². The number of ether oxygens (including phenoxy) is 1. The third-order valence-electron chi connectivity index (χ3n) is 2.26. The van der Waals surface area contributed by atoms with E-state index in [1.807, 2.05) is 18.2 Å². The lowest BCUT2D eigenvalue weighted by molar-refractivity contribution is 0.415. The summed E-state index contributed by atoms with van der Waals surface area (Å²) in [5.41, 5.74) is 12.9. The summed E-state index contributed by atoms with van der Waals surface area (Å²) in [6.07, 6.45) is 0. The van der Waals surface area contributed by atoms with Crippen molar-refractivity contribution in [2.45, 2.75) is 0 Å². The topological polar surface area (TPSA) is 87.0 Å². The molecule has 0 saturated heterocycles. The Balaban J connectivity index is 2.59. The van der Waals surface area contributed by atoms with Crippen LogP contribution in [0, 0.1) is 0 Å². The van der Waals surface area contributed by atoms with E-state index in [9.17, 15) is 0 Å². The number of aromatic nitrogens is 2. The molecule has 1 heterocycles. The average molecular weight is 251 g/mol. The minimum Gasteiger partial charge on any atom is -0.497 e. The van der Waals surface area contributed by atoms with E-state index < -0.39 is 0 Å². The molecule has 2 rings (SSSR count). The van der Waals surface area contributed by atoms with Crippen LogP contribution < -0.4 is 16.2 Å². The van der Waals surface area contributed by atoms with Gasteiger partial charge in [-0.05, 0) is 12.1 Å². The van der Waals surface area contributed by atoms with Crippen molar-refractivity contribution in [2.24, 2.45) is 0 Å². The smallest absolute Gasteiger partial charge is 0.222 e. The first-order chi connectivity index (χ1) is 8.11. The molecule has 0 bridgehead atoms. The molecule has 0 radical (unpaired) electrons. The normalized spacial score (nSPS) is 10.2. The molecular formula is C11H11ClN4O. The van der Waals surface area contributed by atoms with Gasteiger partial charge in [-0.2, -0.15) is 4.98 Å². The summed E-state index contributed by atoms with van der Waals surface area (Å²) in [6, 6.07) is 7.30. The molecule has 2 aromatic rings. The Hall–Kier alpha value is -2.01. The molecule has 4 N–H and O–H groups in total. The molecule has 0 fully saturated rings. The van der Waals surface area contributed by atoms with Crippen molar-refractivity contribution in [3.63, 3.8) is 0 Å². The molecule has 5 nitrogen and oxygen atoms in total. The van der Waals surface area contributed by atoms with Crippen LogP contribution in [-0.4, -0.2) is 17.1 Å². The molecule has 0 unspecified atom stereocenters. The standard InChI is InChI=1S/C11H11ClN4O/c1-17-7-4-2-3-6(5-7)9-8(13)10(12)16-11(14)15-9/h2-5H,13H2,1H3,(H2,14,15,16). The summed E-state index contributed by atoms with van der Waals surface area (Å²) in [5, 5.41) is 0.148. The summed E-state index contributed by atoms with van der Waals surface area (Å²) in [6.45, 7) is 0. The van der Waals surface area contributed by atoms with Gasteiger partial charge in [-0.25, -0.2) is 4.98 Å². The number of nitrogens with zero attached hydrogens (tertiary/aromatic N) is 2. The highest BCUT2D eigenvalue weighted by molar-refractivity contribution is 6.32. The van der Waals surface area contributed by atoms with Crippen LogP contribution in [0.3, 0.4) is 0 Å². The fourth-order valence-corrected chi connectivity index (χ4v) is 1.62. The molecule has 0 saturated carbocycles. The van der Waals surface area contributed by atoms with Gasteiger partial charge in [-0.15, -0.1) is 0 Å². The fraction of sp³-hybridized carbons (Fsp3) is 0.0909. The number of methoxy groups -OCH3 is 1. The van der Waals surface area contributed by atoms with E-state index in [0.29, 0.717) is 17.1 Å². The van der Waals surface area contributed by atoms with Gasteiger partial charge in [0.15, 0.2) is 5.15 Å². The predicted octanol–water partition coefficient (Wildman–Crippen LogP) is 1.97. The number of rotatable bonds is 2. The second-order valence-corrected chi connectivity index (χ2v) is 3.72. The van der Waals surface area contributed by atoms with Crippen LogP contribution in [0.2, 0.25) is 5.15 Å². The van der Waals surface area contributed by atoms with Crippen molar-refractivity contribution < 1.29 is 4.74 Å². The quantitative estimate of drug-likeness (QED) is 0.796. The number of nitrogen functional groups attached to an aromatic ring is 2. The number of benzene rings is 1. The summed E-state index contributed by atoms with van der Waals surface area (Å²) < 4.78 is 5.13. The van der Waals surface area contributed by atoms with Crippen LogP contribution in [0.25, 0.3) is 11.3 Å². The van der Waals surface area contributed by atoms with E-state index in [4.69, 9.17) is 27.8 Å². The van der Waals surface area contributed by atoms with Gasteiger partial charge in [0.1, 0.15) is 11.4 Å². The van der Waals surface area contributed by atoms with E-state index in [1.165, 1.54) is 0 Å². The highest BCUT2D eigenvalue weighted by atomic mass is 35.5. The lowest BCUT2D eigenvalue weighted by Gasteiger charge is -2.08. The van der Waals surface area contributed by atoms with Gasteiger partial charge < -0.3 is 16.2 Å². The highest BCUT2D eigenvalue weighted by Gasteiger charge is 2.11. The highest BCUT2D eigenvalue weighted by Crippen LogP contribution is 2.30. The van der Waals surface area contributed by atoms with Gasteiger partial charge in [0.05, 0.1) is 12.8 Å². The monoisotopic (exact) mass is 250 g/mol. The van der Waals surface area contributed by atoms with E-state index in [2.05, 4.69) is 9.97 Å². The van der Waals surface area contributed by atoms with Gasteiger partial charge in [-0.3, -0.25) is 0 Å². The third-order valence-corrected chi connectivity index (χ3v) is 2.55. The van der Waals surface area contributed by atoms with Crippen molar-refractivity contribution in [1.29, 1.82) is 0 Å². The van der Waals surface area contributed by atoms with Crippen LogP contribution in [0.5, 0.6) is 5.75 Å². The lowest BCUT2D eigenvalue weighted by atomic mass is 10.1. The van der Waals surface area contributed by atoms with Gasteiger partial charge in [0, 0.05) is 5.56 Å². The minimum absolute atomic E-state index is 0.0852. The molecule has 0 aliphatic rings. The van der Waals surface area contributed by atoms with Gasteiger partial charge in [0.25, 0.3) is 0 Å². The zero-order chi connectivity index (χ0) is 12.4. The summed E-state index contributed by atoms with van der Waals surface area (Å²) in [4.78, 5) is 7.86. The molecule has 0 amide bonds. The van der Waals surface area contributed by atoms with Gasteiger partial charge in [0.2, 0.25) is 5.95 Å². The molecule has 17 heavy (non-hydrogen) atoms. The third kappa shape index (κ3) is 2.24. The summed E-state index contributed by atoms with van der Waals surface area (Å²) in [5.74, 6) is 0.789. The SMILES string of the molecule is COc1cccc(-c2nc(N)nc(Cl)c2N)c1. The molecule has 88 valence electrons. The average Bonchev–Trinajstić information content (AvgIpc) is 2.34. The van der Waals surface area contributed by atoms with E-state index >= 15 is 0 Å². The predicted molar refractivity (Wildman–Crippen MR) is 67.9 cm³/mol. The minimum atomic E-state index is 0.0852. The van der Waals surface area contributed by atoms with Crippen molar-refractivity contribution in [2.75, 3.05) is 18.6 Å². The van der Waals surface area contributed by atoms with Gasteiger partial charge in [-0.1, -0.05) is 23.7 Å². The van der Waals surface area contributed by atoms with Crippen molar-refractivity contribution >= 4 is 23.2 Å². The molecule has 0 atom stereocenters. The Morgan fingerprint density at radius 3 is 2.71 bits per heavy atom. The van der Waals surface area contributed by atoms with Crippen molar-refractivity contribution in [3.05, 3.63) is 29.4 Å². The maximum Gasteiger partial charge on any atom is 0.222 e. The van der Waals surface area contributed by atoms with E-state index in [1.54, 1.807) is 13.2 Å². The Morgan fingerprint density at radius 1 is 1.24 bits per heavy atom. The first kappa shape index (κ1) is 11.5. The molecule has 0 aliphatic heterocycles. The van der Waals surface area contributed by atoms with Gasteiger partial charge >= 0.3 is 0 Å². The lowest BCUT2D eigenvalue weighted by Crippen LogP contribution is -2.02. The van der Waals surface area contributed by atoms with Crippen molar-refractivity contribution in [3.8, 4) is 17.0 Å². The van der Waals surface area contributed by atoms with Crippen molar-refractivity contribution in [1.82, 2.24) is 9.97 Å². The van der Waals surface area contributed by atoms with Crippen LogP contribution in [-0.2, 0) is 0 Å². The second kappa shape index (κ2) is 4.47. The van der Waals surface area contributed by atoms with Crippen LogP contribution in [0.1, 0.15) is 0 Å². The molecule has 0 spiro atoms. The molecule has 1 aromatic carbocycles. The van der Waals surface area contributed by atoms with E-state index in [0.717, 1.165) is 5.56 Å². The molecule has 0 aliphatic carbocycles. The maximum atomic E-state index is 5.86. The zero-order valence-corrected chi connectivity index (χ0v) is 9.90. The zero-order valence-electron chi connectivity index (χ0n) is 9.14. The number of nitrogens with two attached hydrogens (primary N) is 2. The fourth-order valence-electron chi connectivity index (χ4n) is 1.45. The van der Waals surface area contributed by atoms with Crippen LogP contribution in [0.15, 0.2) is 24.3 Å². The Bertz CT molecular complexity index is 559. The Kier molecular flexibility index (Phi) is 3.01. The Labute approximate surface area is 103 Å². The number of hydrogen-bond donors (Lipinski definition) is 2. The summed E-state index contributed by atoms with van der Waals surface area (Å²) >= 11 is 5.86. The number of anilines is 2. The molecule has 1 aromatic heterocycles. The first-order valence-corrected chi connectivity index (χ1v) is 5.22. The second-order valence-electron chi connectivity index (χ2n) is 3.37. The first-order valence-electron chi connectivity index (χ1n) is 4.84. The Morgan fingerprint density at radius 2 is 2.00 bits per heavy atom. The molecule has 6 heteroatoms. The van der Waals surface area contributed by atoms with Crippen LogP contribution in [0.4, 0.5) is 11.6 Å². The number of halogens is 1. The maximum absolute atomic E-state index is 5.86.